The topological polar surface area (TPSA) is 91.1 Å². The summed E-state index contributed by atoms with van der Waals surface area (Å²) < 4.78 is 16.4. The van der Waals surface area contributed by atoms with Crippen molar-refractivity contribution in [2.45, 2.75) is 36.6 Å². The second-order valence-electron chi connectivity index (χ2n) is 5.51. The van der Waals surface area contributed by atoms with Crippen LogP contribution in [-0.2, 0) is 14.1 Å². The lowest BCUT2D eigenvalue weighted by molar-refractivity contribution is -0.490. The van der Waals surface area contributed by atoms with E-state index in [4.69, 9.17) is 14.1 Å². The quantitative estimate of drug-likeness (QED) is 0.275. The highest BCUT2D eigenvalue weighted by Gasteiger charge is 2.37. The highest BCUT2D eigenvalue weighted by Crippen LogP contribution is 2.27. The van der Waals surface area contributed by atoms with Gasteiger partial charge >= 0.3 is 7.12 Å². The van der Waals surface area contributed by atoms with Crippen molar-refractivity contribution >= 4 is 24.3 Å². The molecule has 0 bridgehead atoms. The molecule has 0 saturated carbocycles. The summed E-state index contributed by atoms with van der Waals surface area (Å²) in [7, 11) is -1.11. The SMILES string of the molecule is O=[N+]([O-])CC1OB(O)c2cc(SCOC3CCCCO3)ccc21. The Morgan fingerprint density at radius 2 is 2.35 bits per heavy atom. The van der Waals surface area contributed by atoms with E-state index in [0.717, 1.165) is 30.8 Å². The van der Waals surface area contributed by atoms with Crippen LogP contribution in [-0.4, -0.2) is 42.4 Å². The van der Waals surface area contributed by atoms with Crippen molar-refractivity contribution in [1.29, 1.82) is 0 Å². The third-order valence-corrected chi connectivity index (χ3v) is 4.74. The third-order valence-electron chi connectivity index (χ3n) is 3.90. The molecule has 2 aliphatic rings. The number of thioether (sulfide) groups is 1. The molecular weight excluding hydrogens is 321 g/mol. The van der Waals surface area contributed by atoms with Crippen molar-refractivity contribution in [2.24, 2.45) is 0 Å². The highest BCUT2D eigenvalue weighted by molar-refractivity contribution is 7.99. The molecule has 0 aliphatic carbocycles. The Labute approximate surface area is 138 Å². The summed E-state index contributed by atoms with van der Waals surface area (Å²) >= 11 is 1.49. The molecule has 0 aromatic heterocycles. The average Bonchev–Trinajstić information content (AvgIpc) is 2.83. The minimum absolute atomic E-state index is 0.135. The highest BCUT2D eigenvalue weighted by atomic mass is 32.2. The smallest absolute Gasteiger partial charge is 0.423 e. The van der Waals surface area contributed by atoms with Gasteiger partial charge in [-0.15, -0.1) is 0 Å². The number of benzene rings is 1. The molecule has 2 aliphatic heterocycles. The predicted octanol–water partition coefficient (Wildman–Crippen LogP) is 1.31. The van der Waals surface area contributed by atoms with Crippen molar-refractivity contribution in [3.8, 4) is 0 Å². The average molecular weight is 339 g/mol. The zero-order valence-electron chi connectivity index (χ0n) is 12.6. The lowest BCUT2D eigenvalue weighted by atomic mass is 9.79. The molecular formula is C14H18BNO6S. The molecule has 1 saturated heterocycles. The molecule has 9 heteroatoms. The standard InChI is InChI=1S/C14H18BNO6S/c17-15-12-7-10(23-9-21-14-3-1-2-6-20-14)4-5-11(12)13(22-15)8-16(18)19/h4-5,7,13-14,17H,1-3,6,8-9H2. The van der Waals surface area contributed by atoms with Gasteiger partial charge in [0, 0.05) is 16.4 Å². The molecule has 1 N–H and O–H groups in total. The maximum absolute atomic E-state index is 10.6. The first kappa shape index (κ1) is 16.7. The van der Waals surface area contributed by atoms with Gasteiger partial charge in [-0.2, -0.15) is 0 Å². The van der Waals surface area contributed by atoms with Crippen LogP contribution in [0.1, 0.15) is 30.9 Å². The minimum atomic E-state index is -1.11. The Hall–Kier alpha value is -1.13. The number of rotatable bonds is 6. The Morgan fingerprint density at radius 1 is 1.48 bits per heavy atom. The van der Waals surface area contributed by atoms with Crippen LogP contribution in [0.3, 0.4) is 0 Å². The second-order valence-corrected chi connectivity index (χ2v) is 6.50. The molecule has 7 nitrogen and oxygen atoms in total. The minimum Gasteiger partial charge on any atom is -0.423 e. The molecule has 2 atom stereocenters. The fourth-order valence-electron chi connectivity index (χ4n) is 2.75. The second kappa shape index (κ2) is 7.63. The monoisotopic (exact) mass is 339 g/mol. The van der Waals surface area contributed by atoms with Crippen LogP contribution in [0, 0.1) is 10.1 Å². The molecule has 2 heterocycles. The van der Waals surface area contributed by atoms with Crippen LogP contribution in [0.25, 0.3) is 0 Å². The lowest BCUT2D eigenvalue weighted by Crippen LogP contribution is -2.28. The first-order valence-corrected chi connectivity index (χ1v) is 8.57. The van der Waals surface area contributed by atoms with E-state index in [1.165, 1.54) is 11.8 Å². The fraction of sp³-hybridized carbons (Fsp3) is 0.571. The number of fused-ring (bicyclic) bond motifs is 1. The zero-order chi connectivity index (χ0) is 16.2. The van der Waals surface area contributed by atoms with Gasteiger partial charge in [0.05, 0.1) is 5.94 Å². The van der Waals surface area contributed by atoms with Gasteiger partial charge in [0.25, 0.3) is 0 Å². The van der Waals surface area contributed by atoms with E-state index in [0.29, 0.717) is 17.0 Å². The molecule has 1 aromatic carbocycles. The van der Waals surface area contributed by atoms with Gasteiger partial charge < -0.3 is 19.2 Å². The molecule has 23 heavy (non-hydrogen) atoms. The van der Waals surface area contributed by atoms with Crippen molar-refractivity contribution < 1.29 is 24.1 Å². The van der Waals surface area contributed by atoms with Gasteiger partial charge in [-0.05, 0) is 42.4 Å². The van der Waals surface area contributed by atoms with E-state index in [1.807, 2.05) is 6.07 Å². The first-order valence-electron chi connectivity index (χ1n) is 7.58. The van der Waals surface area contributed by atoms with E-state index in [2.05, 4.69) is 0 Å². The van der Waals surface area contributed by atoms with Gasteiger partial charge in [-0.3, -0.25) is 10.1 Å². The molecule has 2 unspecified atom stereocenters. The van der Waals surface area contributed by atoms with Crippen LogP contribution < -0.4 is 5.46 Å². The summed E-state index contributed by atoms with van der Waals surface area (Å²) in [6, 6.07) is 5.44. The van der Waals surface area contributed by atoms with E-state index in [1.54, 1.807) is 12.1 Å². The maximum Gasteiger partial charge on any atom is 0.492 e. The van der Waals surface area contributed by atoms with Crippen molar-refractivity contribution in [2.75, 3.05) is 19.1 Å². The summed E-state index contributed by atoms with van der Waals surface area (Å²) in [5, 5.41) is 20.6. The Balaban J connectivity index is 1.57. The van der Waals surface area contributed by atoms with E-state index < -0.39 is 18.1 Å². The summed E-state index contributed by atoms with van der Waals surface area (Å²) in [6.45, 7) is 0.397. The lowest BCUT2D eigenvalue weighted by Gasteiger charge is -2.22. The first-order chi connectivity index (χ1) is 11.1. The molecule has 0 amide bonds. The number of hydrogen-bond donors (Lipinski definition) is 1. The number of hydrogen-bond acceptors (Lipinski definition) is 7. The number of ether oxygens (including phenoxy) is 2. The molecule has 1 aromatic rings. The summed E-state index contributed by atoms with van der Waals surface area (Å²) in [5.74, 6) is 0.457. The van der Waals surface area contributed by atoms with Gasteiger partial charge in [0.2, 0.25) is 6.54 Å². The summed E-state index contributed by atoms with van der Waals surface area (Å²) in [6.07, 6.45) is 2.29. The Kier molecular flexibility index (Phi) is 5.55. The van der Waals surface area contributed by atoms with Crippen molar-refractivity contribution in [3.05, 3.63) is 33.9 Å². The number of nitrogens with zero attached hydrogens (tertiary/aromatic N) is 1. The zero-order valence-corrected chi connectivity index (χ0v) is 13.4. The van der Waals surface area contributed by atoms with Crippen LogP contribution in [0.4, 0.5) is 0 Å². The van der Waals surface area contributed by atoms with Crippen LogP contribution in [0.2, 0.25) is 0 Å². The normalized spacial score (nSPS) is 23.8. The fourth-order valence-corrected chi connectivity index (χ4v) is 3.48. The van der Waals surface area contributed by atoms with Gasteiger partial charge in [0.1, 0.15) is 6.10 Å². The molecule has 1 fully saturated rings. The van der Waals surface area contributed by atoms with E-state index >= 15 is 0 Å². The molecule has 3 rings (SSSR count). The van der Waals surface area contributed by atoms with Crippen LogP contribution >= 0.6 is 11.8 Å². The van der Waals surface area contributed by atoms with E-state index in [9.17, 15) is 15.1 Å². The summed E-state index contributed by atoms with van der Waals surface area (Å²) in [4.78, 5) is 11.1. The van der Waals surface area contributed by atoms with Gasteiger partial charge in [-0.25, -0.2) is 0 Å². The van der Waals surface area contributed by atoms with Crippen molar-refractivity contribution in [1.82, 2.24) is 0 Å². The van der Waals surface area contributed by atoms with E-state index in [-0.39, 0.29) is 12.8 Å². The molecule has 0 spiro atoms. The number of nitro groups is 1. The Morgan fingerprint density at radius 3 is 3.09 bits per heavy atom. The predicted molar refractivity (Wildman–Crippen MR) is 85.1 cm³/mol. The largest absolute Gasteiger partial charge is 0.492 e. The van der Waals surface area contributed by atoms with Crippen molar-refractivity contribution in [3.63, 3.8) is 0 Å². The van der Waals surface area contributed by atoms with Gasteiger partial charge in [0.15, 0.2) is 6.29 Å². The third kappa shape index (κ3) is 4.24. The van der Waals surface area contributed by atoms with Crippen LogP contribution in [0.5, 0.6) is 0 Å². The summed E-state index contributed by atoms with van der Waals surface area (Å²) in [5.41, 5.74) is 1.27. The molecule has 0 radical (unpaired) electrons. The maximum atomic E-state index is 10.6. The van der Waals surface area contributed by atoms with Crippen LogP contribution in [0.15, 0.2) is 23.1 Å². The Bertz CT molecular complexity index is 568. The molecule has 124 valence electrons. The van der Waals surface area contributed by atoms with Gasteiger partial charge in [-0.1, -0.05) is 17.8 Å².